The zero-order valence-corrected chi connectivity index (χ0v) is 32.7. The zero-order valence-electron chi connectivity index (χ0n) is 31.2. The van der Waals surface area contributed by atoms with Crippen LogP contribution < -0.4 is 14.4 Å². The highest BCUT2D eigenvalue weighted by Crippen LogP contribution is 2.49. The van der Waals surface area contributed by atoms with Crippen molar-refractivity contribution in [1.29, 1.82) is 0 Å². The van der Waals surface area contributed by atoms with Crippen molar-refractivity contribution in [3.8, 4) is 5.75 Å². The number of amides is 1. The SMILES string of the molecule is COCCN(C)C1COC([C@@H]2CCC[C@H](C)[C@@H](C)S(=O)(=O)NC(=O)c3ccc4c(c3)N(C[C@@H]3CC[C@H]32)C[C@@]2(CCCc3cc(Cl)ccc32)CO4)OC1. The first-order valence-corrected chi connectivity index (χ1v) is 21.2. The Labute approximate surface area is 314 Å². The van der Waals surface area contributed by atoms with Gasteiger partial charge in [0.2, 0.25) is 10.0 Å². The van der Waals surface area contributed by atoms with E-state index < -0.39 is 21.2 Å². The van der Waals surface area contributed by atoms with Gasteiger partial charge in [0.25, 0.3) is 5.91 Å². The largest absolute Gasteiger partial charge is 0.490 e. The average molecular weight is 758 g/mol. The smallest absolute Gasteiger partial charge is 0.264 e. The summed E-state index contributed by atoms with van der Waals surface area (Å²) >= 11 is 6.49. The summed E-state index contributed by atoms with van der Waals surface area (Å²) in [6.45, 7) is 8.40. The fraction of sp³-hybridized carbons (Fsp3) is 0.675. The molecule has 2 aliphatic carbocycles. The van der Waals surface area contributed by atoms with Gasteiger partial charge in [0.1, 0.15) is 5.75 Å². The van der Waals surface area contributed by atoms with E-state index in [4.69, 9.17) is 30.5 Å². The Morgan fingerprint density at radius 2 is 1.85 bits per heavy atom. The minimum Gasteiger partial charge on any atom is -0.490 e. The van der Waals surface area contributed by atoms with E-state index in [9.17, 15) is 13.2 Å². The van der Waals surface area contributed by atoms with Crippen LogP contribution in [-0.4, -0.2) is 97.0 Å². The maximum Gasteiger partial charge on any atom is 0.264 e. The van der Waals surface area contributed by atoms with E-state index in [2.05, 4.69) is 33.7 Å². The quantitative estimate of drug-likeness (QED) is 0.391. The molecule has 10 nitrogen and oxygen atoms in total. The van der Waals surface area contributed by atoms with Crippen LogP contribution in [-0.2, 0) is 36.1 Å². The van der Waals surface area contributed by atoms with Crippen LogP contribution in [0.2, 0.25) is 5.02 Å². The lowest BCUT2D eigenvalue weighted by Crippen LogP contribution is -2.52. The van der Waals surface area contributed by atoms with Crippen LogP contribution in [0, 0.1) is 23.7 Å². The van der Waals surface area contributed by atoms with Gasteiger partial charge in [-0.1, -0.05) is 31.0 Å². The molecule has 2 aromatic carbocycles. The highest BCUT2D eigenvalue weighted by Gasteiger charge is 2.47. The van der Waals surface area contributed by atoms with Crippen LogP contribution in [0.25, 0.3) is 0 Å². The minimum atomic E-state index is -3.92. The molecule has 2 bridgehead atoms. The average Bonchev–Trinajstić information content (AvgIpc) is 3.27. The summed E-state index contributed by atoms with van der Waals surface area (Å²) in [5, 5.41) is 0.0154. The van der Waals surface area contributed by atoms with Crippen molar-refractivity contribution in [2.45, 2.75) is 88.2 Å². The number of nitrogens with one attached hydrogen (secondary N) is 1. The van der Waals surface area contributed by atoms with Crippen LogP contribution in [0.4, 0.5) is 5.69 Å². The second kappa shape index (κ2) is 15.7. The first-order chi connectivity index (χ1) is 25.0. The number of anilines is 1. The van der Waals surface area contributed by atoms with E-state index in [1.165, 1.54) is 11.1 Å². The van der Waals surface area contributed by atoms with Gasteiger partial charge in [0.15, 0.2) is 6.29 Å². The molecule has 1 saturated carbocycles. The van der Waals surface area contributed by atoms with Gasteiger partial charge in [-0.05, 0) is 118 Å². The van der Waals surface area contributed by atoms with Crippen LogP contribution >= 0.6 is 11.6 Å². The first-order valence-electron chi connectivity index (χ1n) is 19.3. The molecule has 5 aliphatic rings. The summed E-state index contributed by atoms with van der Waals surface area (Å²) in [5.41, 5.74) is 3.45. The number of likely N-dealkylation sites (N-methyl/N-ethyl adjacent to an activating group) is 1. The molecule has 2 fully saturated rings. The Hall–Kier alpha value is -2.41. The van der Waals surface area contributed by atoms with Gasteiger partial charge in [-0.15, -0.1) is 0 Å². The number of aryl methyl sites for hydroxylation is 1. The number of halogens is 1. The summed E-state index contributed by atoms with van der Waals surface area (Å²) in [6, 6.07) is 11.8. The Kier molecular flexibility index (Phi) is 11.5. The molecule has 3 aliphatic heterocycles. The second-order valence-electron chi connectivity index (χ2n) is 16.2. The molecule has 1 amide bonds. The summed E-state index contributed by atoms with van der Waals surface area (Å²) in [6.07, 6.45) is 7.38. The molecule has 12 heteroatoms. The number of hydrogen-bond acceptors (Lipinski definition) is 9. The summed E-state index contributed by atoms with van der Waals surface area (Å²) in [7, 11) is -0.112. The van der Waals surface area contributed by atoms with Crippen molar-refractivity contribution in [1.82, 2.24) is 9.62 Å². The number of carbonyl (C=O) groups excluding carboxylic acids is 1. The van der Waals surface area contributed by atoms with E-state index in [0.29, 0.717) is 43.8 Å². The lowest BCUT2D eigenvalue weighted by Gasteiger charge is -2.49. The minimum absolute atomic E-state index is 0.136. The fourth-order valence-electron chi connectivity index (χ4n) is 9.40. The number of fused-ring (bicyclic) bond motifs is 4. The van der Waals surface area contributed by atoms with Crippen LogP contribution in [0.3, 0.4) is 0 Å². The Morgan fingerprint density at radius 1 is 1.04 bits per heavy atom. The molecule has 52 heavy (non-hydrogen) atoms. The van der Waals surface area contributed by atoms with Crippen LogP contribution in [0.1, 0.15) is 80.3 Å². The topological polar surface area (TPSA) is 107 Å². The van der Waals surface area contributed by atoms with Gasteiger partial charge >= 0.3 is 0 Å². The number of carbonyl (C=O) groups is 1. The van der Waals surface area contributed by atoms with E-state index >= 15 is 0 Å². The van der Waals surface area contributed by atoms with Crippen molar-refractivity contribution in [2.24, 2.45) is 23.7 Å². The molecular weight excluding hydrogens is 702 g/mol. The maximum absolute atomic E-state index is 13.6. The number of nitrogens with zero attached hydrogens (tertiary/aromatic N) is 2. The number of methoxy groups -OCH3 is 1. The third kappa shape index (κ3) is 7.73. The van der Waals surface area contributed by atoms with Crippen LogP contribution in [0.15, 0.2) is 36.4 Å². The molecule has 0 unspecified atom stereocenters. The van der Waals surface area contributed by atoms with Gasteiger partial charge in [0, 0.05) is 48.7 Å². The lowest BCUT2D eigenvalue weighted by molar-refractivity contribution is -0.242. The molecule has 7 rings (SSSR count). The summed E-state index contributed by atoms with van der Waals surface area (Å²) in [5.74, 6) is 0.961. The highest BCUT2D eigenvalue weighted by atomic mass is 35.5. The van der Waals surface area contributed by atoms with E-state index in [0.717, 1.165) is 87.5 Å². The van der Waals surface area contributed by atoms with Crippen LogP contribution in [0.5, 0.6) is 5.75 Å². The van der Waals surface area contributed by atoms with Gasteiger partial charge in [0.05, 0.1) is 43.4 Å². The predicted molar refractivity (Wildman–Crippen MR) is 203 cm³/mol. The molecule has 286 valence electrons. The molecule has 2 aromatic rings. The lowest BCUT2D eigenvalue weighted by atomic mass is 9.64. The molecule has 0 radical (unpaired) electrons. The molecule has 1 N–H and O–H groups in total. The highest BCUT2D eigenvalue weighted by molar-refractivity contribution is 7.90. The predicted octanol–water partition coefficient (Wildman–Crippen LogP) is 6.04. The van der Waals surface area contributed by atoms with Gasteiger partial charge in [-0.2, -0.15) is 0 Å². The zero-order chi connectivity index (χ0) is 36.6. The second-order valence-corrected chi connectivity index (χ2v) is 18.7. The third-order valence-electron chi connectivity index (χ3n) is 13.0. The Bertz CT molecular complexity index is 1700. The molecule has 6 atom stereocenters. The van der Waals surface area contributed by atoms with Crippen molar-refractivity contribution in [3.05, 3.63) is 58.1 Å². The maximum atomic E-state index is 13.6. The van der Waals surface area contributed by atoms with E-state index in [-0.39, 0.29) is 29.6 Å². The molecular formula is C40H56ClN3O7S. The van der Waals surface area contributed by atoms with Crippen molar-refractivity contribution in [3.63, 3.8) is 0 Å². The normalized spacial score (nSPS) is 33.6. The Balaban J connectivity index is 1.23. The number of hydrogen-bond donors (Lipinski definition) is 1. The van der Waals surface area contributed by atoms with Gasteiger partial charge in [-0.3, -0.25) is 9.69 Å². The molecule has 1 spiro atoms. The molecule has 0 aromatic heterocycles. The van der Waals surface area contributed by atoms with Gasteiger partial charge < -0.3 is 23.8 Å². The number of ether oxygens (including phenoxy) is 4. The number of rotatable bonds is 5. The van der Waals surface area contributed by atoms with E-state index in [1.807, 2.05) is 25.1 Å². The number of sulfonamides is 1. The van der Waals surface area contributed by atoms with Gasteiger partial charge in [-0.25, -0.2) is 13.1 Å². The van der Waals surface area contributed by atoms with Crippen molar-refractivity contribution < 1.29 is 32.2 Å². The van der Waals surface area contributed by atoms with E-state index in [1.54, 1.807) is 20.1 Å². The van der Waals surface area contributed by atoms with Crippen molar-refractivity contribution in [2.75, 3.05) is 65.1 Å². The summed E-state index contributed by atoms with van der Waals surface area (Å²) in [4.78, 5) is 18.3. The number of benzene rings is 2. The molecule has 3 heterocycles. The molecule has 1 saturated heterocycles. The third-order valence-corrected chi connectivity index (χ3v) is 15.2. The standard InChI is InChI=1S/C40H56ClN3O7S/c1-26-7-5-9-34(39-49-22-32(23-50-39)43(3)17-18-48-4)33-13-10-30(33)21-44-24-40(16-6-8-28-19-31(41)12-14-35(28)40)25-51-37-15-11-29(20-36(37)44)38(45)42-52(46,47)27(26)2/h11-12,14-15,19-20,26-27,30,32-34,39H,5-10,13,16-18,21-25H2,1-4H3,(H,42,45)/t26-,27+,30-,32?,33+,34+,39?,40-/m0/s1. The van der Waals surface area contributed by atoms with Crippen molar-refractivity contribution >= 4 is 33.2 Å². The summed E-state index contributed by atoms with van der Waals surface area (Å²) < 4.78 is 54.6. The Morgan fingerprint density at radius 3 is 2.60 bits per heavy atom. The first kappa shape index (κ1) is 37.9. The fourth-order valence-corrected chi connectivity index (χ4v) is 10.9. The monoisotopic (exact) mass is 757 g/mol.